The van der Waals surface area contributed by atoms with Gasteiger partial charge >= 0.3 is 5.97 Å². The van der Waals surface area contributed by atoms with Crippen molar-refractivity contribution in [1.29, 1.82) is 0 Å². The van der Waals surface area contributed by atoms with Crippen LogP contribution in [0.4, 0.5) is 0 Å². The van der Waals surface area contributed by atoms with Gasteiger partial charge in [-0.25, -0.2) is 9.78 Å². The van der Waals surface area contributed by atoms with E-state index in [0.29, 0.717) is 10.7 Å². The van der Waals surface area contributed by atoms with Gasteiger partial charge in [-0.05, 0) is 13.8 Å². The van der Waals surface area contributed by atoms with Gasteiger partial charge in [-0.2, -0.15) is 0 Å². The second-order valence-electron chi connectivity index (χ2n) is 5.03. The number of carbonyl (C=O) groups is 1. The predicted octanol–water partition coefficient (Wildman–Crippen LogP) is 2.86. The quantitative estimate of drug-likeness (QED) is 0.938. The molecule has 0 fully saturated rings. The molecule has 2 heterocycles. The summed E-state index contributed by atoms with van der Waals surface area (Å²) in [5, 5.41) is 10.8. The summed E-state index contributed by atoms with van der Waals surface area (Å²) in [5.74, 6) is -0.279. The third kappa shape index (κ3) is 2.16. The van der Waals surface area contributed by atoms with Crippen molar-refractivity contribution in [3.63, 3.8) is 0 Å². The Morgan fingerprint density at radius 2 is 2.00 bits per heavy atom. The number of fused-ring (bicyclic) bond motifs is 1. The molecule has 0 aliphatic heterocycles. The lowest BCUT2D eigenvalue weighted by molar-refractivity contribution is 0.0699. The molecule has 0 spiro atoms. The number of nitrogens with zero attached hydrogens (tertiary/aromatic N) is 2. The second kappa shape index (κ2) is 4.77. The minimum Gasteiger partial charge on any atom is -0.478 e. The van der Waals surface area contributed by atoms with Crippen LogP contribution < -0.4 is 5.56 Å². The molecule has 0 aromatic carbocycles. The van der Waals surface area contributed by atoms with Crippen LogP contribution in [0.25, 0.3) is 10.2 Å². The summed E-state index contributed by atoms with van der Waals surface area (Å²) in [5.41, 5.74) is -0.218. The van der Waals surface area contributed by atoms with Crippen molar-refractivity contribution in [2.24, 2.45) is 0 Å². The van der Waals surface area contributed by atoms with Gasteiger partial charge < -0.3 is 5.11 Å². The van der Waals surface area contributed by atoms with E-state index in [1.54, 1.807) is 4.57 Å². The van der Waals surface area contributed by atoms with E-state index in [1.807, 2.05) is 27.7 Å². The van der Waals surface area contributed by atoms with Gasteiger partial charge in [0.05, 0.1) is 10.9 Å². The largest absolute Gasteiger partial charge is 0.478 e. The number of carboxylic acids is 1. The predicted molar refractivity (Wildman–Crippen MR) is 75.3 cm³/mol. The molecule has 6 heteroatoms. The van der Waals surface area contributed by atoms with Crippen LogP contribution in [-0.2, 0) is 0 Å². The van der Waals surface area contributed by atoms with Gasteiger partial charge in [0.25, 0.3) is 5.56 Å². The fourth-order valence-electron chi connectivity index (χ4n) is 2.08. The van der Waals surface area contributed by atoms with E-state index in [0.717, 1.165) is 0 Å². The molecule has 0 amide bonds. The summed E-state index contributed by atoms with van der Waals surface area (Å²) < 4.78 is 1.59. The van der Waals surface area contributed by atoms with Crippen molar-refractivity contribution in [2.75, 3.05) is 0 Å². The molecule has 0 aliphatic rings. The average molecular weight is 280 g/mol. The van der Waals surface area contributed by atoms with E-state index in [-0.39, 0.29) is 28.5 Å². The molecule has 102 valence electrons. The maximum atomic E-state index is 12.5. The van der Waals surface area contributed by atoms with Crippen molar-refractivity contribution in [3.8, 4) is 0 Å². The van der Waals surface area contributed by atoms with Crippen LogP contribution in [0.15, 0.2) is 10.2 Å². The number of aromatic nitrogens is 2. The summed E-state index contributed by atoms with van der Waals surface area (Å²) in [6.07, 6.45) is 0. The number of hydrogen-bond acceptors (Lipinski definition) is 4. The lowest BCUT2D eigenvalue weighted by Crippen LogP contribution is -2.28. The van der Waals surface area contributed by atoms with Crippen molar-refractivity contribution >= 4 is 27.5 Å². The summed E-state index contributed by atoms with van der Waals surface area (Å²) in [7, 11) is 0. The van der Waals surface area contributed by atoms with Gasteiger partial charge in [0.15, 0.2) is 0 Å². The molecule has 0 radical (unpaired) electrons. The van der Waals surface area contributed by atoms with Gasteiger partial charge in [-0.15, -0.1) is 11.3 Å². The minimum absolute atomic E-state index is 0.0437. The van der Waals surface area contributed by atoms with Crippen molar-refractivity contribution in [2.45, 2.75) is 39.7 Å². The Labute approximate surface area is 114 Å². The summed E-state index contributed by atoms with van der Waals surface area (Å²) >= 11 is 1.20. The molecule has 0 aliphatic carbocycles. The highest BCUT2D eigenvalue weighted by Crippen LogP contribution is 2.25. The average Bonchev–Trinajstić information content (AvgIpc) is 2.71. The number of hydrogen-bond donors (Lipinski definition) is 1. The first-order chi connectivity index (χ1) is 8.84. The van der Waals surface area contributed by atoms with E-state index < -0.39 is 5.97 Å². The van der Waals surface area contributed by atoms with Crippen LogP contribution in [0.5, 0.6) is 0 Å². The highest BCUT2D eigenvalue weighted by molar-refractivity contribution is 7.17. The molecule has 1 N–H and O–H groups in total. The monoisotopic (exact) mass is 280 g/mol. The molecular weight excluding hydrogens is 264 g/mol. The van der Waals surface area contributed by atoms with Crippen LogP contribution in [0, 0.1) is 0 Å². The first-order valence-corrected chi connectivity index (χ1v) is 6.99. The summed E-state index contributed by atoms with van der Waals surface area (Å²) in [4.78, 5) is 28.7. The molecule has 2 aromatic heterocycles. The summed E-state index contributed by atoms with van der Waals surface area (Å²) in [6.45, 7) is 7.73. The molecule has 0 saturated carbocycles. The zero-order valence-corrected chi connectivity index (χ0v) is 12.1. The minimum atomic E-state index is -1.09. The molecule has 19 heavy (non-hydrogen) atoms. The highest BCUT2D eigenvalue weighted by atomic mass is 32.1. The Bertz CT molecular complexity index is 698. The first kappa shape index (κ1) is 13.7. The third-order valence-electron chi connectivity index (χ3n) is 2.93. The number of rotatable bonds is 3. The van der Waals surface area contributed by atoms with Gasteiger partial charge in [0, 0.05) is 17.3 Å². The molecule has 0 bridgehead atoms. The van der Waals surface area contributed by atoms with E-state index in [9.17, 15) is 9.59 Å². The van der Waals surface area contributed by atoms with E-state index in [2.05, 4.69) is 4.98 Å². The number of thiophene rings is 1. The smallest absolute Gasteiger partial charge is 0.337 e. The zero-order chi connectivity index (χ0) is 14.3. The Morgan fingerprint density at radius 1 is 1.37 bits per heavy atom. The maximum absolute atomic E-state index is 12.5. The van der Waals surface area contributed by atoms with Crippen molar-refractivity contribution in [1.82, 2.24) is 9.55 Å². The normalized spacial score (nSPS) is 11.7. The van der Waals surface area contributed by atoms with E-state index in [1.165, 1.54) is 16.7 Å². The lowest BCUT2D eigenvalue weighted by atomic mass is 10.1. The summed E-state index contributed by atoms with van der Waals surface area (Å²) in [6, 6.07) is -0.0525. The lowest BCUT2D eigenvalue weighted by Gasteiger charge is -2.17. The standard InChI is InChI=1S/C13H16N2O3S/c1-6(2)10-14-11-9(8(5-19-11)13(17)18)12(16)15(10)7(3)4/h5-7H,1-4H3,(H,17,18). The van der Waals surface area contributed by atoms with Crippen molar-refractivity contribution in [3.05, 3.63) is 27.1 Å². The highest BCUT2D eigenvalue weighted by Gasteiger charge is 2.21. The Hall–Kier alpha value is -1.69. The van der Waals surface area contributed by atoms with Crippen LogP contribution in [0.1, 0.15) is 55.8 Å². The van der Waals surface area contributed by atoms with Gasteiger partial charge in [0.1, 0.15) is 10.7 Å². The van der Waals surface area contributed by atoms with Gasteiger partial charge in [-0.3, -0.25) is 9.36 Å². The topological polar surface area (TPSA) is 72.2 Å². The zero-order valence-electron chi connectivity index (χ0n) is 11.3. The molecule has 2 aromatic rings. The molecule has 2 rings (SSSR count). The number of carboxylic acid groups (broad SMARTS) is 1. The van der Waals surface area contributed by atoms with E-state index >= 15 is 0 Å². The Morgan fingerprint density at radius 3 is 2.47 bits per heavy atom. The first-order valence-electron chi connectivity index (χ1n) is 6.11. The number of aromatic carboxylic acids is 1. The van der Waals surface area contributed by atoms with E-state index in [4.69, 9.17) is 5.11 Å². The second-order valence-corrected chi connectivity index (χ2v) is 5.89. The fourth-order valence-corrected chi connectivity index (χ4v) is 2.99. The SMILES string of the molecule is CC(C)c1nc2scc(C(=O)O)c2c(=O)n1C(C)C. The molecule has 0 unspecified atom stereocenters. The van der Waals surface area contributed by atoms with Crippen LogP contribution >= 0.6 is 11.3 Å². The molecule has 5 nitrogen and oxygen atoms in total. The van der Waals surface area contributed by atoms with Gasteiger partial charge in [0.2, 0.25) is 0 Å². The fraction of sp³-hybridized carbons (Fsp3) is 0.462. The maximum Gasteiger partial charge on any atom is 0.337 e. The Kier molecular flexibility index (Phi) is 3.45. The Balaban J connectivity index is 2.93. The van der Waals surface area contributed by atoms with Crippen LogP contribution in [0.3, 0.4) is 0 Å². The van der Waals surface area contributed by atoms with Crippen molar-refractivity contribution < 1.29 is 9.90 Å². The molecule has 0 atom stereocenters. The third-order valence-corrected chi connectivity index (χ3v) is 3.80. The van der Waals surface area contributed by atoms with Crippen LogP contribution in [0.2, 0.25) is 0 Å². The van der Waals surface area contributed by atoms with Crippen LogP contribution in [-0.4, -0.2) is 20.6 Å². The molecular formula is C13H16N2O3S. The van der Waals surface area contributed by atoms with Gasteiger partial charge in [-0.1, -0.05) is 13.8 Å². The molecule has 0 saturated heterocycles.